The molecular formula is C11H19BrN2O2. The Bertz CT molecular complexity index is 328. The predicted molar refractivity (Wildman–Crippen MR) is 66.1 cm³/mol. The third-order valence-electron chi connectivity index (χ3n) is 2.50. The van der Waals surface area contributed by atoms with Gasteiger partial charge in [-0.05, 0) is 28.8 Å². The maximum atomic E-state index is 10.1. The average Bonchev–Trinajstić information content (AvgIpc) is 2.60. The fourth-order valence-electron chi connectivity index (χ4n) is 1.69. The fraction of sp³-hybridized carbons (Fsp3) is 0.727. The van der Waals surface area contributed by atoms with E-state index in [4.69, 9.17) is 0 Å². The molecule has 0 amide bonds. The summed E-state index contributed by atoms with van der Waals surface area (Å²) in [5, 5.41) is 24.0. The van der Waals surface area contributed by atoms with Crippen LogP contribution in [0.4, 0.5) is 0 Å². The van der Waals surface area contributed by atoms with E-state index in [1.165, 1.54) is 0 Å². The van der Waals surface area contributed by atoms with Crippen molar-refractivity contribution in [1.82, 2.24) is 9.78 Å². The average molecular weight is 291 g/mol. The molecule has 1 heterocycles. The van der Waals surface area contributed by atoms with Crippen LogP contribution in [0, 0.1) is 0 Å². The van der Waals surface area contributed by atoms with Crippen molar-refractivity contribution >= 4 is 15.9 Å². The van der Waals surface area contributed by atoms with Gasteiger partial charge in [0.15, 0.2) is 0 Å². The van der Waals surface area contributed by atoms with E-state index in [1.807, 2.05) is 13.8 Å². The highest BCUT2D eigenvalue weighted by molar-refractivity contribution is 9.10. The van der Waals surface area contributed by atoms with Crippen LogP contribution in [0.5, 0.6) is 0 Å². The van der Waals surface area contributed by atoms with Crippen molar-refractivity contribution < 1.29 is 10.2 Å². The van der Waals surface area contributed by atoms with E-state index < -0.39 is 12.2 Å². The molecule has 5 heteroatoms. The molecule has 0 saturated carbocycles. The lowest BCUT2D eigenvalue weighted by Gasteiger charge is -2.19. The molecule has 0 aliphatic rings. The van der Waals surface area contributed by atoms with Gasteiger partial charge in [0.1, 0.15) is 6.10 Å². The van der Waals surface area contributed by atoms with Crippen molar-refractivity contribution in [3.05, 3.63) is 16.4 Å². The van der Waals surface area contributed by atoms with Crippen molar-refractivity contribution in [1.29, 1.82) is 0 Å². The summed E-state index contributed by atoms with van der Waals surface area (Å²) in [6, 6.07) is 0. The quantitative estimate of drug-likeness (QED) is 0.845. The second kappa shape index (κ2) is 6.37. The molecule has 2 atom stereocenters. The number of rotatable bonds is 6. The molecule has 1 aromatic heterocycles. The lowest BCUT2D eigenvalue weighted by molar-refractivity contribution is 0.00740. The molecule has 0 saturated heterocycles. The minimum atomic E-state index is -0.872. The lowest BCUT2D eigenvalue weighted by atomic mass is 10.1. The van der Waals surface area contributed by atoms with Gasteiger partial charge in [0.25, 0.3) is 0 Å². The van der Waals surface area contributed by atoms with Gasteiger partial charge in [0.2, 0.25) is 0 Å². The van der Waals surface area contributed by atoms with Crippen LogP contribution in [0.2, 0.25) is 0 Å². The van der Waals surface area contributed by atoms with E-state index in [-0.39, 0.29) is 0 Å². The third-order valence-corrected chi connectivity index (χ3v) is 3.11. The first-order valence-corrected chi connectivity index (χ1v) is 6.48. The van der Waals surface area contributed by atoms with Gasteiger partial charge in [-0.15, -0.1) is 0 Å². The first-order valence-electron chi connectivity index (χ1n) is 5.69. The van der Waals surface area contributed by atoms with Gasteiger partial charge in [0.05, 0.1) is 22.5 Å². The second-order valence-corrected chi connectivity index (χ2v) is 4.76. The van der Waals surface area contributed by atoms with Crippen LogP contribution in [0.3, 0.4) is 0 Å². The minimum absolute atomic E-state index is 0.588. The largest absolute Gasteiger partial charge is 0.390 e. The zero-order chi connectivity index (χ0) is 12.1. The maximum Gasteiger partial charge on any atom is 0.123 e. The number of aromatic nitrogens is 2. The molecule has 0 aliphatic carbocycles. The minimum Gasteiger partial charge on any atom is -0.390 e. The highest BCUT2D eigenvalue weighted by Gasteiger charge is 2.24. The Hall–Kier alpha value is -0.390. The van der Waals surface area contributed by atoms with Crippen LogP contribution in [0.15, 0.2) is 10.7 Å². The van der Waals surface area contributed by atoms with Crippen LogP contribution in [0.1, 0.15) is 44.9 Å². The maximum absolute atomic E-state index is 10.1. The lowest BCUT2D eigenvalue weighted by Crippen LogP contribution is -2.21. The Balaban J connectivity index is 2.87. The van der Waals surface area contributed by atoms with Crippen LogP contribution in [-0.4, -0.2) is 26.1 Å². The SMILES string of the molecule is CCCC(O)C(O)c1c(Br)cnn1CCC. The normalized spacial score (nSPS) is 15.1. The summed E-state index contributed by atoms with van der Waals surface area (Å²) < 4.78 is 2.50. The summed E-state index contributed by atoms with van der Waals surface area (Å²) in [4.78, 5) is 0. The van der Waals surface area contributed by atoms with Crippen molar-refractivity contribution in [3.63, 3.8) is 0 Å². The van der Waals surface area contributed by atoms with E-state index in [0.29, 0.717) is 12.1 Å². The van der Waals surface area contributed by atoms with E-state index in [2.05, 4.69) is 21.0 Å². The van der Waals surface area contributed by atoms with Crippen molar-refractivity contribution in [2.75, 3.05) is 0 Å². The summed E-state index contributed by atoms with van der Waals surface area (Å²) in [6.45, 7) is 4.78. The standard InChI is InChI=1S/C11H19BrN2O2/c1-3-5-9(15)11(16)10-8(12)7-13-14(10)6-4-2/h7,9,11,15-16H,3-6H2,1-2H3. The monoisotopic (exact) mass is 290 g/mol. The summed E-state index contributed by atoms with van der Waals surface area (Å²) in [7, 11) is 0. The number of halogens is 1. The van der Waals surface area contributed by atoms with Crippen molar-refractivity contribution in [3.8, 4) is 0 Å². The number of aliphatic hydroxyl groups excluding tert-OH is 2. The number of hydrogen-bond donors (Lipinski definition) is 2. The molecule has 2 N–H and O–H groups in total. The molecule has 4 nitrogen and oxygen atoms in total. The molecule has 2 unspecified atom stereocenters. The van der Waals surface area contributed by atoms with Gasteiger partial charge in [-0.2, -0.15) is 5.10 Å². The molecule has 0 bridgehead atoms. The molecule has 0 aromatic carbocycles. The molecule has 1 aromatic rings. The molecule has 1 rings (SSSR count). The van der Waals surface area contributed by atoms with Gasteiger partial charge < -0.3 is 10.2 Å². The third kappa shape index (κ3) is 3.06. The number of aliphatic hydroxyl groups is 2. The van der Waals surface area contributed by atoms with Crippen LogP contribution in [-0.2, 0) is 6.54 Å². The highest BCUT2D eigenvalue weighted by atomic mass is 79.9. The van der Waals surface area contributed by atoms with Crippen LogP contribution < -0.4 is 0 Å². The summed E-state index contributed by atoms with van der Waals surface area (Å²) >= 11 is 3.35. The Morgan fingerprint density at radius 1 is 1.38 bits per heavy atom. The van der Waals surface area contributed by atoms with E-state index in [9.17, 15) is 10.2 Å². The molecular weight excluding hydrogens is 272 g/mol. The Morgan fingerprint density at radius 3 is 2.62 bits per heavy atom. The molecule has 92 valence electrons. The predicted octanol–water partition coefficient (Wildman–Crippen LogP) is 2.25. The summed E-state index contributed by atoms with van der Waals surface area (Å²) in [5.41, 5.74) is 0.669. The second-order valence-electron chi connectivity index (χ2n) is 3.90. The zero-order valence-corrected chi connectivity index (χ0v) is 11.3. The van der Waals surface area contributed by atoms with E-state index >= 15 is 0 Å². The van der Waals surface area contributed by atoms with Gasteiger partial charge in [-0.3, -0.25) is 4.68 Å². The topological polar surface area (TPSA) is 58.3 Å². The zero-order valence-electron chi connectivity index (χ0n) is 9.73. The van der Waals surface area contributed by atoms with E-state index in [1.54, 1.807) is 10.9 Å². The first kappa shape index (κ1) is 13.7. The van der Waals surface area contributed by atoms with Gasteiger partial charge in [-0.1, -0.05) is 20.3 Å². The number of aryl methyl sites for hydroxylation is 1. The number of nitrogens with zero attached hydrogens (tertiary/aromatic N) is 2. The van der Waals surface area contributed by atoms with Crippen LogP contribution >= 0.6 is 15.9 Å². The Morgan fingerprint density at radius 2 is 2.06 bits per heavy atom. The van der Waals surface area contributed by atoms with Gasteiger partial charge >= 0.3 is 0 Å². The van der Waals surface area contributed by atoms with Crippen molar-refractivity contribution in [2.24, 2.45) is 0 Å². The number of hydrogen-bond acceptors (Lipinski definition) is 3. The molecule has 0 aliphatic heterocycles. The fourth-order valence-corrected chi connectivity index (χ4v) is 2.22. The molecule has 0 radical (unpaired) electrons. The summed E-state index contributed by atoms with van der Waals surface area (Å²) in [5.74, 6) is 0. The van der Waals surface area contributed by atoms with Gasteiger partial charge in [0, 0.05) is 6.54 Å². The van der Waals surface area contributed by atoms with Crippen molar-refractivity contribution in [2.45, 2.75) is 51.9 Å². The Labute approximate surface area is 104 Å². The Kier molecular flexibility index (Phi) is 5.44. The highest BCUT2D eigenvalue weighted by Crippen LogP contribution is 2.27. The van der Waals surface area contributed by atoms with Crippen LogP contribution in [0.25, 0.3) is 0 Å². The summed E-state index contributed by atoms with van der Waals surface area (Å²) in [6.07, 6.45) is 2.43. The van der Waals surface area contributed by atoms with Gasteiger partial charge in [-0.25, -0.2) is 0 Å². The first-order chi connectivity index (χ1) is 7.61. The molecule has 16 heavy (non-hydrogen) atoms. The van der Waals surface area contributed by atoms with E-state index in [0.717, 1.165) is 23.9 Å². The molecule has 0 fully saturated rings. The smallest absolute Gasteiger partial charge is 0.123 e. The molecule has 0 spiro atoms.